The number of hydrogen-bond acceptors (Lipinski definition) is 3. The first-order chi connectivity index (χ1) is 9.24. The molecule has 0 radical (unpaired) electrons. The van der Waals surface area contributed by atoms with E-state index >= 15 is 0 Å². The lowest BCUT2D eigenvalue weighted by molar-refractivity contribution is 0.138. The van der Waals surface area contributed by atoms with E-state index < -0.39 is 0 Å². The van der Waals surface area contributed by atoms with Gasteiger partial charge < -0.3 is 15.7 Å². The van der Waals surface area contributed by atoms with Gasteiger partial charge in [-0.15, -0.1) is 0 Å². The second-order valence-corrected chi connectivity index (χ2v) is 6.22. The Balaban J connectivity index is 1.99. The number of nitrogens with two attached hydrogens (primary N) is 1. The minimum absolute atomic E-state index is 0.261. The Morgan fingerprint density at radius 2 is 2.11 bits per heavy atom. The molecule has 106 valence electrons. The topological polar surface area (TPSA) is 49.5 Å². The van der Waals surface area contributed by atoms with Crippen molar-refractivity contribution in [2.24, 2.45) is 11.7 Å². The maximum atomic E-state index is 8.98. The normalized spacial score (nSPS) is 19.5. The fourth-order valence-corrected chi connectivity index (χ4v) is 3.48. The molecule has 1 atom stereocenters. The monoisotopic (exact) mass is 326 g/mol. The summed E-state index contributed by atoms with van der Waals surface area (Å²) in [5.41, 5.74) is 7.36. The van der Waals surface area contributed by atoms with E-state index in [0.29, 0.717) is 18.4 Å². The summed E-state index contributed by atoms with van der Waals surface area (Å²) in [4.78, 5) is 2.34. The molecule has 0 aromatic heterocycles. The first-order valence-corrected chi connectivity index (χ1v) is 7.82. The lowest BCUT2D eigenvalue weighted by Crippen LogP contribution is -2.38. The minimum atomic E-state index is 0.261. The summed E-state index contributed by atoms with van der Waals surface area (Å²) in [7, 11) is 0. The van der Waals surface area contributed by atoms with Crippen LogP contribution in [0.2, 0.25) is 0 Å². The summed E-state index contributed by atoms with van der Waals surface area (Å²) < 4.78 is 1.13. The van der Waals surface area contributed by atoms with Crippen LogP contribution in [0.5, 0.6) is 0 Å². The van der Waals surface area contributed by atoms with Crippen LogP contribution < -0.4 is 5.73 Å². The van der Waals surface area contributed by atoms with Crippen molar-refractivity contribution in [3.05, 3.63) is 34.3 Å². The van der Waals surface area contributed by atoms with E-state index in [2.05, 4.69) is 45.1 Å². The molecule has 3 N–H and O–H groups in total. The Morgan fingerprint density at radius 3 is 2.68 bits per heavy atom. The van der Waals surface area contributed by atoms with Crippen LogP contribution in [-0.2, 0) is 0 Å². The molecule has 0 saturated carbocycles. The third-order valence-corrected chi connectivity index (χ3v) is 4.64. The van der Waals surface area contributed by atoms with Crippen molar-refractivity contribution in [2.75, 3.05) is 32.8 Å². The molecule has 1 aromatic rings. The summed E-state index contributed by atoms with van der Waals surface area (Å²) in [6.45, 7) is 3.93. The zero-order valence-electron chi connectivity index (χ0n) is 11.3. The Hall–Kier alpha value is -0.420. The van der Waals surface area contributed by atoms with Crippen molar-refractivity contribution in [1.29, 1.82) is 0 Å². The van der Waals surface area contributed by atoms with E-state index in [4.69, 9.17) is 10.8 Å². The second-order valence-electron chi connectivity index (χ2n) is 5.30. The average Bonchev–Trinajstić information content (AvgIpc) is 2.42. The second kappa shape index (κ2) is 7.39. The highest BCUT2D eigenvalue weighted by Crippen LogP contribution is 2.32. The van der Waals surface area contributed by atoms with Gasteiger partial charge in [0.2, 0.25) is 0 Å². The fraction of sp³-hybridized carbons (Fsp3) is 0.600. The lowest BCUT2D eigenvalue weighted by Gasteiger charge is -2.35. The highest BCUT2D eigenvalue weighted by atomic mass is 79.9. The van der Waals surface area contributed by atoms with Gasteiger partial charge in [0.05, 0.1) is 6.61 Å². The van der Waals surface area contributed by atoms with Crippen molar-refractivity contribution in [2.45, 2.75) is 18.8 Å². The number of likely N-dealkylation sites (tertiary alicyclic amines) is 1. The highest BCUT2D eigenvalue weighted by Gasteiger charge is 2.26. The van der Waals surface area contributed by atoms with Crippen LogP contribution in [0.25, 0.3) is 0 Å². The largest absolute Gasteiger partial charge is 0.395 e. The van der Waals surface area contributed by atoms with Gasteiger partial charge in [-0.1, -0.05) is 28.1 Å². The molecule has 4 heteroatoms. The number of β-amino-alcohol motifs (C(OH)–C–C–N with tert-alkyl or cyclic N) is 1. The molecule has 0 amide bonds. The summed E-state index contributed by atoms with van der Waals surface area (Å²) in [6.07, 6.45) is 2.35. The van der Waals surface area contributed by atoms with Crippen LogP contribution in [0.15, 0.2) is 28.7 Å². The SMILES string of the molecule is NCC(c1cccc(Br)c1)C1CCN(CCO)CC1. The molecule has 1 heterocycles. The predicted molar refractivity (Wildman–Crippen MR) is 82.2 cm³/mol. The number of halogens is 1. The Morgan fingerprint density at radius 1 is 1.37 bits per heavy atom. The van der Waals surface area contributed by atoms with Gasteiger partial charge in [0.25, 0.3) is 0 Å². The van der Waals surface area contributed by atoms with Crippen LogP contribution in [0, 0.1) is 5.92 Å². The van der Waals surface area contributed by atoms with Gasteiger partial charge in [0.1, 0.15) is 0 Å². The molecule has 1 aliphatic rings. The quantitative estimate of drug-likeness (QED) is 0.872. The van der Waals surface area contributed by atoms with Crippen molar-refractivity contribution >= 4 is 15.9 Å². The van der Waals surface area contributed by atoms with Gasteiger partial charge in [-0.25, -0.2) is 0 Å². The number of benzene rings is 1. The standard InChI is InChI=1S/C15H23BrN2O/c16-14-3-1-2-13(10-14)15(11-17)12-4-6-18(7-5-12)8-9-19/h1-3,10,12,15,19H,4-9,11,17H2. The van der Waals surface area contributed by atoms with Crippen LogP contribution in [0.4, 0.5) is 0 Å². The number of aliphatic hydroxyl groups is 1. The zero-order chi connectivity index (χ0) is 13.7. The molecule has 0 bridgehead atoms. The maximum Gasteiger partial charge on any atom is 0.0558 e. The van der Waals surface area contributed by atoms with E-state index in [9.17, 15) is 0 Å². The van der Waals surface area contributed by atoms with E-state index in [1.54, 1.807) is 0 Å². The van der Waals surface area contributed by atoms with Gasteiger partial charge in [-0.3, -0.25) is 0 Å². The molecule has 1 aliphatic heterocycles. The van der Waals surface area contributed by atoms with Gasteiger partial charge >= 0.3 is 0 Å². The fourth-order valence-electron chi connectivity index (χ4n) is 3.06. The number of aliphatic hydroxyl groups excluding tert-OH is 1. The molecule has 0 aliphatic carbocycles. The number of piperidine rings is 1. The van der Waals surface area contributed by atoms with E-state index in [0.717, 1.165) is 24.1 Å². The molecule has 19 heavy (non-hydrogen) atoms. The van der Waals surface area contributed by atoms with Crippen molar-refractivity contribution in [1.82, 2.24) is 4.90 Å². The van der Waals surface area contributed by atoms with Crippen LogP contribution in [-0.4, -0.2) is 42.8 Å². The average molecular weight is 327 g/mol. The van der Waals surface area contributed by atoms with Crippen LogP contribution in [0.1, 0.15) is 24.3 Å². The molecular weight excluding hydrogens is 304 g/mol. The molecule has 2 rings (SSSR count). The smallest absolute Gasteiger partial charge is 0.0558 e. The third-order valence-electron chi connectivity index (χ3n) is 4.15. The molecule has 1 unspecified atom stereocenters. The maximum absolute atomic E-state index is 8.98. The molecule has 3 nitrogen and oxygen atoms in total. The molecule has 0 spiro atoms. The third kappa shape index (κ3) is 4.02. The predicted octanol–water partition coefficient (Wildman–Crippen LogP) is 2.20. The highest BCUT2D eigenvalue weighted by molar-refractivity contribution is 9.10. The Kier molecular flexibility index (Phi) is 5.82. The van der Waals surface area contributed by atoms with Crippen LogP contribution in [0.3, 0.4) is 0 Å². The van der Waals surface area contributed by atoms with Gasteiger partial charge in [-0.05, 0) is 62.0 Å². The first-order valence-electron chi connectivity index (χ1n) is 7.03. The molecule has 1 fully saturated rings. The molecule has 1 saturated heterocycles. The Bertz CT molecular complexity index is 391. The van der Waals surface area contributed by atoms with Crippen molar-refractivity contribution in [3.63, 3.8) is 0 Å². The van der Waals surface area contributed by atoms with E-state index in [-0.39, 0.29) is 6.61 Å². The summed E-state index contributed by atoms with van der Waals surface area (Å²) in [5, 5.41) is 8.98. The van der Waals surface area contributed by atoms with Crippen LogP contribution >= 0.6 is 15.9 Å². The zero-order valence-corrected chi connectivity index (χ0v) is 12.8. The minimum Gasteiger partial charge on any atom is -0.395 e. The van der Waals surface area contributed by atoms with Gasteiger partial charge in [0.15, 0.2) is 0 Å². The first kappa shape index (κ1) is 15.0. The number of nitrogens with zero attached hydrogens (tertiary/aromatic N) is 1. The molecular formula is C15H23BrN2O. The number of hydrogen-bond donors (Lipinski definition) is 2. The Labute approximate surface area is 123 Å². The van der Waals surface area contributed by atoms with Crippen molar-refractivity contribution < 1.29 is 5.11 Å². The summed E-state index contributed by atoms with van der Waals surface area (Å²) >= 11 is 3.54. The molecule has 1 aromatic carbocycles. The van der Waals surface area contributed by atoms with Gasteiger partial charge in [0, 0.05) is 11.0 Å². The number of rotatable bonds is 5. The summed E-state index contributed by atoms with van der Waals surface area (Å²) in [5.74, 6) is 1.11. The lowest BCUT2D eigenvalue weighted by atomic mass is 9.80. The van der Waals surface area contributed by atoms with Crippen molar-refractivity contribution in [3.8, 4) is 0 Å². The van der Waals surface area contributed by atoms with E-state index in [1.807, 2.05) is 0 Å². The van der Waals surface area contributed by atoms with Gasteiger partial charge in [-0.2, -0.15) is 0 Å². The summed E-state index contributed by atoms with van der Waals surface area (Å²) in [6, 6.07) is 8.52. The van der Waals surface area contributed by atoms with E-state index in [1.165, 1.54) is 18.4 Å².